The van der Waals surface area contributed by atoms with Gasteiger partial charge in [0.05, 0.1) is 0 Å². The zero-order valence-corrected chi connectivity index (χ0v) is 12.8. The van der Waals surface area contributed by atoms with Crippen LogP contribution in [-0.4, -0.2) is 23.4 Å². The molecular weight excluding hydrogens is 271 g/mol. The maximum absolute atomic E-state index is 13.1. The predicted octanol–water partition coefficient (Wildman–Crippen LogP) is 2.48. The molecule has 0 spiro atoms. The Kier molecular flexibility index (Phi) is 4.03. The number of anilines is 1. The van der Waals surface area contributed by atoms with Crippen LogP contribution in [0.3, 0.4) is 0 Å². The second kappa shape index (κ2) is 5.47. The number of carbonyl (C=O) groups is 2. The van der Waals surface area contributed by atoms with Gasteiger partial charge in [0.1, 0.15) is 17.4 Å². The van der Waals surface area contributed by atoms with Crippen molar-refractivity contribution in [3.8, 4) is 0 Å². The maximum Gasteiger partial charge on any atom is 0.253 e. The maximum atomic E-state index is 13.1. The molecule has 2 atom stereocenters. The van der Waals surface area contributed by atoms with E-state index in [1.165, 1.54) is 29.2 Å². The summed E-state index contributed by atoms with van der Waals surface area (Å²) in [6.45, 7) is 7.36. The van der Waals surface area contributed by atoms with Crippen LogP contribution in [0.2, 0.25) is 0 Å². The lowest BCUT2D eigenvalue weighted by molar-refractivity contribution is -0.138. The molecule has 2 amide bonds. The number of hydrogen-bond acceptors (Lipinski definition) is 2. The number of halogens is 1. The molecule has 5 heteroatoms. The van der Waals surface area contributed by atoms with Crippen LogP contribution in [0.25, 0.3) is 0 Å². The Hall–Kier alpha value is -1.91. The van der Waals surface area contributed by atoms with E-state index in [4.69, 9.17) is 0 Å². The van der Waals surface area contributed by atoms with E-state index < -0.39 is 11.6 Å². The van der Waals surface area contributed by atoms with Crippen molar-refractivity contribution in [1.82, 2.24) is 5.32 Å². The molecule has 1 aromatic carbocycles. The lowest BCUT2D eigenvalue weighted by Crippen LogP contribution is -2.70. The summed E-state index contributed by atoms with van der Waals surface area (Å²) in [4.78, 5) is 26.8. The van der Waals surface area contributed by atoms with Gasteiger partial charge in [-0.25, -0.2) is 4.39 Å². The molecule has 1 fully saturated rings. The van der Waals surface area contributed by atoms with Crippen LogP contribution in [-0.2, 0) is 9.59 Å². The summed E-state index contributed by atoms with van der Waals surface area (Å²) in [5, 5.41) is 2.83. The van der Waals surface area contributed by atoms with Gasteiger partial charge in [-0.15, -0.1) is 0 Å². The fraction of sp³-hybridized carbons (Fsp3) is 0.500. The monoisotopic (exact) mass is 292 g/mol. The zero-order valence-electron chi connectivity index (χ0n) is 12.8. The Morgan fingerprint density at radius 1 is 1.29 bits per heavy atom. The number of piperazine rings is 1. The van der Waals surface area contributed by atoms with Gasteiger partial charge in [0.15, 0.2) is 0 Å². The van der Waals surface area contributed by atoms with Crippen LogP contribution in [0.4, 0.5) is 10.1 Å². The highest BCUT2D eigenvalue weighted by Gasteiger charge is 2.48. The van der Waals surface area contributed by atoms with Gasteiger partial charge >= 0.3 is 0 Å². The van der Waals surface area contributed by atoms with Crippen molar-refractivity contribution in [2.45, 2.75) is 45.7 Å². The van der Waals surface area contributed by atoms with Gasteiger partial charge in [-0.3, -0.25) is 14.5 Å². The first kappa shape index (κ1) is 15.5. The largest absolute Gasteiger partial charge is 0.340 e. The van der Waals surface area contributed by atoms with Crippen molar-refractivity contribution in [2.24, 2.45) is 5.92 Å². The molecule has 1 aromatic rings. The third-order valence-electron chi connectivity index (χ3n) is 4.08. The molecule has 1 aliphatic heterocycles. The molecule has 1 heterocycles. The van der Waals surface area contributed by atoms with Crippen molar-refractivity contribution < 1.29 is 14.0 Å². The van der Waals surface area contributed by atoms with Crippen molar-refractivity contribution in [1.29, 1.82) is 0 Å². The topological polar surface area (TPSA) is 49.4 Å². The van der Waals surface area contributed by atoms with Gasteiger partial charge in [0.25, 0.3) is 5.91 Å². The van der Waals surface area contributed by atoms with Crippen molar-refractivity contribution in [2.75, 3.05) is 4.90 Å². The van der Waals surface area contributed by atoms with Crippen LogP contribution in [0, 0.1) is 11.7 Å². The van der Waals surface area contributed by atoms with Crippen molar-refractivity contribution in [3.63, 3.8) is 0 Å². The highest BCUT2D eigenvalue weighted by Crippen LogP contribution is 2.30. The van der Waals surface area contributed by atoms with Gasteiger partial charge in [0.2, 0.25) is 5.91 Å². The zero-order chi connectivity index (χ0) is 15.8. The summed E-state index contributed by atoms with van der Waals surface area (Å²) in [6, 6.07) is 5.10. The smallest absolute Gasteiger partial charge is 0.253 e. The summed E-state index contributed by atoms with van der Waals surface area (Å²) in [6.07, 6.45) is 0.500. The fourth-order valence-corrected chi connectivity index (χ4v) is 2.63. The van der Waals surface area contributed by atoms with Gasteiger partial charge in [0, 0.05) is 5.69 Å². The third-order valence-corrected chi connectivity index (χ3v) is 4.08. The Morgan fingerprint density at radius 2 is 1.86 bits per heavy atom. The summed E-state index contributed by atoms with van der Waals surface area (Å²) in [5.41, 5.74) is -0.369. The molecule has 114 valence electrons. The molecule has 2 unspecified atom stereocenters. The molecule has 0 aromatic heterocycles. The second-order valence-corrected chi connectivity index (χ2v) is 6.02. The van der Waals surface area contributed by atoms with Crippen molar-refractivity contribution in [3.05, 3.63) is 30.1 Å². The number of rotatable bonds is 3. The highest BCUT2D eigenvalue weighted by molar-refractivity contribution is 6.10. The van der Waals surface area contributed by atoms with E-state index in [1.807, 2.05) is 20.8 Å². The Labute approximate surface area is 124 Å². The normalized spacial score (nSPS) is 26.2. The minimum Gasteiger partial charge on any atom is -0.340 e. The summed E-state index contributed by atoms with van der Waals surface area (Å²) < 4.78 is 13.1. The van der Waals surface area contributed by atoms with E-state index in [2.05, 4.69) is 5.32 Å². The number of carbonyl (C=O) groups excluding carboxylic acids is 2. The summed E-state index contributed by atoms with van der Waals surface area (Å²) in [7, 11) is 0. The lowest BCUT2D eigenvalue weighted by atomic mass is 9.88. The van der Waals surface area contributed by atoms with E-state index in [-0.39, 0.29) is 23.5 Å². The molecule has 1 saturated heterocycles. The van der Waals surface area contributed by atoms with E-state index in [9.17, 15) is 14.0 Å². The molecule has 21 heavy (non-hydrogen) atoms. The second-order valence-electron chi connectivity index (χ2n) is 6.02. The molecule has 0 aliphatic carbocycles. The predicted molar refractivity (Wildman–Crippen MR) is 79.4 cm³/mol. The van der Waals surface area contributed by atoms with E-state index in [0.717, 1.165) is 0 Å². The molecule has 1 aliphatic rings. The van der Waals surface area contributed by atoms with Gasteiger partial charge < -0.3 is 5.32 Å². The summed E-state index contributed by atoms with van der Waals surface area (Å²) in [5.74, 6) is -0.736. The van der Waals surface area contributed by atoms with E-state index in [1.54, 1.807) is 6.92 Å². The Balaban J connectivity index is 2.51. The molecule has 2 rings (SSSR count). The fourth-order valence-electron chi connectivity index (χ4n) is 2.63. The minimum absolute atomic E-state index is 0.0413. The van der Waals surface area contributed by atoms with Gasteiger partial charge in [-0.1, -0.05) is 20.8 Å². The standard InChI is InChI=1S/C16H21FN2O2/c1-5-16(4)15(21)19(12-8-6-11(17)7-9-12)13(10(2)3)14(20)18-16/h6-10,13H,5H2,1-4H3,(H,18,20). The van der Waals surface area contributed by atoms with Crippen LogP contribution in [0.1, 0.15) is 34.1 Å². The third kappa shape index (κ3) is 2.64. The first-order chi connectivity index (χ1) is 9.80. The lowest BCUT2D eigenvalue weighted by Gasteiger charge is -2.45. The molecule has 0 radical (unpaired) electrons. The van der Waals surface area contributed by atoms with Crippen LogP contribution >= 0.6 is 0 Å². The first-order valence-corrected chi connectivity index (χ1v) is 7.21. The average molecular weight is 292 g/mol. The number of amides is 2. The number of hydrogen-bond donors (Lipinski definition) is 1. The Bertz CT molecular complexity index is 556. The van der Waals surface area contributed by atoms with Gasteiger partial charge in [-0.05, 0) is 43.5 Å². The first-order valence-electron chi connectivity index (χ1n) is 7.21. The van der Waals surface area contributed by atoms with E-state index in [0.29, 0.717) is 12.1 Å². The quantitative estimate of drug-likeness (QED) is 0.930. The molecule has 1 N–H and O–H groups in total. The van der Waals surface area contributed by atoms with Gasteiger partial charge in [-0.2, -0.15) is 0 Å². The van der Waals surface area contributed by atoms with E-state index >= 15 is 0 Å². The SMILES string of the molecule is CCC1(C)NC(=O)C(C(C)C)N(c2ccc(F)cc2)C1=O. The number of benzene rings is 1. The minimum atomic E-state index is -0.920. The average Bonchev–Trinajstić information content (AvgIpc) is 2.43. The molecule has 0 bridgehead atoms. The van der Waals surface area contributed by atoms with Crippen LogP contribution < -0.4 is 10.2 Å². The summed E-state index contributed by atoms with van der Waals surface area (Å²) >= 11 is 0. The van der Waals surface area contributed by atoms with Crippen molar-refractivity contribution >= 4 is 17.5 Å². The number of nitrogens with zero attached hydrogens (tertiary/aromatic N) is 1. The number of nitrogens with one attached hydrogen (secondary N) is 1. The molecule has 0 saturated carbocycles. The molecule has 4 nitrogen and oxygen atoms in total. The molecular formula is C16H21FN2O2. The van der Waals surface area contributed by atoms with Crippen LogP contribution in [0.5, 0.6) is 0 Å². The highest BCUT2D eigenvalue weighted by atomic mass is 19.1. The Morgan fingerprint density at radius 3 is 2.33 bits per heavy atom. The van der Waals surface area contributed by atoms with Crippen LogP contribution in [0.15, 0.2) is 24.3 Å².